The molecule has 1 atom stereocenters. The van der Waals surface area contributed by atoms with E-state index in [1.165, 1.54) is 7.05 Å². The maximum Gasteiger partial charge on any atom is 0.345 e. The number of esters is 1. The average molecular weight is 391 g/mol. The average Bonchev–Trinajstić information content (AvgIpc) is 2.67. The molecule has 0 fully saturated rings. The van der Waals surface area contributed by atoms with E-state index in [1.807, 2.05) is 6.92 Å². The molecule has 2 N–H and O–H groups in total. The standard InChI is InChI=1S/C19H19ClN2O5/c1-12-10-14(8-9-15(12)20)26-11-16(23)27-17(13-6-4-3-5-7-13)18(24)22-19(25)21-2/h3-10,17H,11H2,1-2H3,(H2,21,22,24,25)/t17-/m1/s1. The van der Waals surface area contributed by atoms with E-state index in [9.17, 15) is 14.4 Å². The number of carbonyl (C=O) groups is 3. The Balaban J connectivity index is 2.05. The first kappa shape index (κ1) is 20.3. The van der Waals surface area contributed by atoms with Crippen LogP contribution in [0.1, 0.15) is 17.2 Å². The summed E-state index contributed by atoms with van der Waals surface area (Å²) in [7, 11) is 1.37. The summed E-state index contributed by atoms with van der Waals surface area (Å²) in [6.45, 7) is 1.40. The quantitative estimate of drug-likeness (QED) is 0.740. The molecule has 0 spiro atoms. The largest absolute Gasteiger partial charge is 0.482 e. The normalized spacial score (nSPS) is 11.2. The molecule has 7 nitrogen and oxygen atoms in total. The molecule has 0 saturated heterocycles. The third-order valence-corrected chi connectivity index (χ3v) is 3.96. The molecule has 142 valence electrons. The molecule has 2 aromatic rings. The zero-order valence-corrected chi connectivity index (χ0v) is 15.6. The highest BCUT2D eigenvalue weighted by Crippen LogP contribution is 2.22. The predicted molar refractivity (Wildman–Crippen MR) is 99.6 cm³/mol. The molecule has 0 saturated carbocycles. The number of nitrogens with one attached hydrogen (secondary N) is 2. The van der Waals surface area contributed by atoms with Gasteiger partial charge in [-0.05, 0) is 30.7 Å². The summed E-state index contributed by atoms with van der Waals surface area (Å²) < 4.78 is 10.6. The van der Waals surface area contributed by atoms with Crippen LogP contribution >= 0.6 is 11.6 Å². The second-order valence-corrected chi connectivity index (χ2v) is 5.96. The minimum absolute atomic E-state index is 0.405. The molecule has 2 aromatic carbocycles. The fourth-order valence-electron chi connectivity index (χ4n) is 2.16. The summed E-state index contributed by atoms with van der Waals surface area (Å²) in [5.74, 6) is -1.08. The van der Waals surface area contributed by atoms with Crippen LogP contribution in [0.3, 0.4) is 0 Å². The van der Waals surface area contributed by atoms with E-state index >= 15 is 0 Å². The van der Waals surface area contributed by atoms with Crippen molar-refractivity contribution in [2.75, 3.05) is 13.7 Å². The van der Waals surface area contributed by atoms with Gasteiger partial charge in [-0.3, -0.25) is 10.1 Å². The van der Waals surface area contributed by atoms with Crippen molar-refractivity contribution in [1.82, 2.24) is 10.6 Å². The number of halogens is 1. The summed E-state index contributed by atoms with van der Waals surface area (Å²) in [5, 5.41) is 4.95. The first-order chi connectivity index (χ1) is 12.9. The molecule has 8 heteroatoms. The van der Waals surface area contributed by atoms with Crippen LogP contribution in [0.15, 0.2) is 48.5 Å². The van der Waals surface area contributed by atoms with Gasteiger partial charge in [-0.1, -0.05) is 41.9 Å². The molecule has 0 radical (unpaired) electrons. The van der Waals surface area contributed by atoms with E-state index in [4.69, 9.17) is 21.1 Å². The summed E-state index contributed by atoms with van der Waals surface area (Å²) in [6.07, 6.45) is -1.29. The van der Waals surface area contributed by atoms with Crippen molar-refractivity contribution in [2.45, 2.75) is 13.0 Å². The molecule has 27 heavy (non-hydrogen) atoms. The van der Waals surface area contributed by atoms with Crippen LogP contribution in [0.4, 0.5) is 4.79 Å². The van der Waals surface area contributed by atoms with Gasteiger partial charge in [0.05, 0.1) is 0 Å². The van der Waals surface area contributed by atoms with Crippen molar-refractivity contribution >= 4 is 29.5 Å². The molecule has 0 aromatic heterocycles. The van der Waals surface area contributed by atoms with Gasteiger partial charge in [0.1, 0.15) is 5.75 Å². The van der Waals surface area contributed by atoms with Crippen molar-refractivity contribution in [3.8, 4) is 5.75 Å². The van der Waals surface area contributed by atoms with E-state index < -0.39 is 30.6 Å². The Morgan fingerprint density at radius 1 is 1.11 bits per heavy atom. The maximum absolute atomic E-state index is 12.3. The second-order valence-electron chi connectivity index (χ2n) is 5.55. The number of hydrogen-bond donors (Lipinski definition) is 2. The number of benzene rings is 2. The van der Waals surface area contributed by atoms with E-state index in [0.29, 0.717) is 16.3 Å². The third kappa shape index (κ3) is 6.00. The lowest BCUT2D eigenvalue weighted by molar-refractivity contribution is -0.158. The van der Waals surface area contributed by atoms with Crippen LogP contribution in [0.25, 0.3) is 0 Å². The van der Waals surface area contributed by atoms with Crippen molar-refractivity contribution in [2.24, 2.45) is 0 Å². The fourth-order valence-corrected chi connectivity index (χ4v) is 2.27. The fraction of sp³-hybridized carbons (Fsp3) is 0.211. The van der Waals surface area contributed by atoms with Crippen LogP contribution in [0, 0.1) is 6.92 Å². The van der Waals surface area contributed by atoms with Gasteiger partial charge in [0, 0.05) is 17.6 Å². The number of aryl methyl sites for hydroxylation is 1. The lowest BCUT2D eigenvalue weighted by Crippen LogP contribution is -2.41. The molecule has 0 heterocycles. The Morgan fingerprint density at radius 3 is 2.44 bits per heavy atom. The van der Waals surface area contributed by atoms with Gasteiger partial charge in [0.15, 0.2) is 6.61 Å². The lowest BCUT2D eigenvalue weighted by atomic mass is 10.1. The number of carbonyl (C=O) groups excluding carboxylic acids is 3. The highest BCUT2D eigenvalue weighted by atomic mass is 35.5. The minimum Gasteiger partial charge on any atom is -0.482 e. The Morgan fingerprint density at radius 2 is 1.81 bits per heavy atom. The number of rotatable bonds is 6. The summed E-state index contributed by atoms with van der Waals surface area (Å²) in [4.78, 5) is 35.9. The van der Waals surface area contributed by atoms with Crippen molar-refractivity contribution in [3.05, 3.63) is 64.7 Å². The smallest absolute Gasteiger partial charge is 0.345 e. The Hall–Kier alpha value is -3.06. The first-order valence-corrected chi connectivity index (χ1v) is 8.44. The molecular formula is C19H19ClN2O5. The molecule has 0 unspecified atom stereocenters. The number of urea groups is 1. The highest BCUT2D eigenvalue weighted by molar-refractivity contribution is 6.31. The van der Waals surface area contributed by atoms with Crippen LogP contribution in [0.2, 0.25) is 5.02 Å². The summed E-state index contributed by atoms with van der Waals surface area (Å²) in [5.41, 5.74) is 1.23. The van der Waals surface area contributed by atoms with E-state index in [0.717, 1.165) is 5.56 Å². The lowest BCUT2D eigenvalue weighted by Gasteiger charge is -2.17. The van der Waals surface area contributed by atoms with Gasteiger partial charge in [-0.25, -0.2) is 9.59 Å². The predicted octanol–water partition coefficient (Wildman–Crippen LogP) is 2.77. The topological polar surface area (TPSA) is 93.7 Å². The molecule has 0 aliphatic heterocycles. The van der Waals surface area contributed by atoms with E-state index in [-0.39, 0.29) is 0 Å². The van der Waals surface area contributed by atoms with Gasteiger partial charge >= 0.3 is 12.0 Å². The Bertz CT molecular complexity index is 826. The van der Waals surface area contributed by atoms with E-state index in [2.05, 4.69) is 10.6 Å². The molecule has 2 rings (SSSR count). The number of hydrogen-bond acceptors (Lipinski definition) is 5. The molecule has 0 aliphatic carbocycles. The first-order valence-electron chi connectivity index (χ1n) is 8.06. The third-order valence-electron chi connectivity index (χ3n) is 3.54. The zero-order valence-electron chi connectivity index (χ0n) is 14.8. The number of ether oxygens (including phenoxy) is 2. The SMILES string of the molecule is CNC(=O)NC(=O)[C@H](OC(=O)COc1ccc(Cl)c(C)c1)c1ccccc1. The van der Waals surface area contributed by atoms with Crippen molar-refractivity contribution in [1.29, 1.82) is 0 Å². The molecule has 0 aliphatic rings. The number of imide groups is 1. The number of amides is 3. The maximum atomic E-state index is 12.3. The van der Waals surface area contributed by atoms with Gasteiger partial charge in [0.2, 0.25) is 6.10 Å². The van der Waals surface area contributed by atoms with Crippen LogP contribution in [-0.4, -0.2) is 31.6 Å². The minimum atomic E-state index is -1.29. The Kier molecular flexibility index (Phi) is 7.19. The summed E-state index contributed by atoms with van der Waals surface area (Å²) >= 11 is 5.94. The molecule has 0 bridgehead atoms. The molecule has 3 amide bonds. The van der Waals surface area contributed by atoms with Gasteiger partial charge in [-0.2, -0.15) is 0 Å². The highest BCUT2D eigenvalue weighted by Gasteiger charge is 2.26. The zero-order chi connectivity index (χ0) is 19.8. The van der Waals surface area contributed by atoms with Gasteiger partial charge in [0.25, 0.3) is 5.91 Å². The second kappa shape index (κ2) is 9.59. The van der Waals surface area contributed by atoms with Gasteiger partial charge < -0.3 is 14.8 Å². The van der Waals surface area contributed by atoms with Crippen LogP contribution in [0.5, 0.6) is 5.75 Å². The van der Waals surface area contributed by atoms with Crippen LogP contribution in [-0.2, 0) is 14.3 Å². The van der Waals surface area contributed by atoms with Crippen LogP contribution < -0.4 is 15.4 Å². The monoisotopic (exact) mass is 390 g/mol. The van der Waals surface area contributed by atoms with E-state index in [1.54, 1.807) is 48.5 Å². The Labute approximate surface area is 161 Å². The van der Waals surface area contributed by atoms with Crippen molar-refractivity contribution in [3.63, 3.8) is 0 Å². The van der Waals surface area contributed by atoms with Gasteiger partial charge in [-0.15, -0.1) is 0 Å². The van der Waals surface area contributed by atoms with Crippen molar-refractivity contribution < 1.29 is 23.9 Å². The molecular weight excluding hydrogens is 372 g/mol. The summed E-state index contributed by atoms with van der Waals surface area (Å²) in [6, 6.07) is 12.6.